The molecule has 0 aliphatic carbocycles. The van der Waals surface area contributed by atoms with Crippen LogP contribution in [0, 0.1) is 0 Å². The minimum absolute atomic E-state index is 0. The van der Waals surface area contributed by atoms with Crippen molar-refractivity contribution in [2.45, 2.75) is 158 Å². The lowest BCUT2D eigenvalue weighted by atomic mass is 10.1. The van der Waals surface area contributed by atoms with Crippen LogP contribution in [0.1, 0.15) is 158 Å². The van der Waals surface area contributed by atoms with Crippen LogP contribution in [-0.2, 0) is 0 Å². The Morgan fingerprint density at radius 1 is 0.204 bits per heavy atom. The predicted molar refractivity (Wildman–Crippen MR) is 461 cm³/mol. The average molecular weight is 1650 g/mol. The van der Waals surface area contributed by atoms with Gasteiger partial charge in [0.2, 0.25) is 0 Å². The number of benzene rings is 8. The van der Waals surface area contributed by atoms with Crippen LogP contribution < -0.4 is 51.9 Å². The van der Waals surface area contributed by atoms with E-state index in [4.69, 9.17) is 92.8 Å². The highest BCUT2D eigenvalue weighted by atomic mass is 35.5. The number of nitrogens with one attached hydrogen (secondary N) is 8. The molecule has 8 aromatic carbocycles. The Morgan fingerprint density at radius 3 is 0.380 bits per heavy atom. The van der Waals surface area contributed by atoms with Gasteiger partial charge in [-0.2, -0.15) is 0 Å². The van der Waals surface area contributed by atoms with Crippen molar-refractivity contribution >= 4 is 162 Å². The molecule has 0 aliphatic heterocycles. The van der Waals surface area contributed by atoms with Crippen molar-refractivity contribution in [1.82, 2.24) is 0 Å². The molecule has 0 saturated carbocycles. The Hall–Kier alpha value is -7.06. The van der Waals surface area contributed by atoms with Gasteiger partial charge < -0.3 is 60.9 Å². The lowest BCUT2D eigenvalue weighted by Crippen LogP contribution is -3.00. The van der Waals surface area contributed by atoms with E-state index in [1.165, 1.54) is 164 Å². The van der Waals surface area contributed by atoms with Gasteiger partial charge in [-0.1, -0.05) is 200 Å². The average Bonchev–Trinajstić information content (AvgIpc) is 0.878. The highest BCUT2D eigenvalue weighted by Crippen LogP contribution is 2.23. The number of urea groups is 4. The molecule has 14 nitrogen and oxygen atoms in total. The van der Waals surface area contributed by atoms with E-state index < -0.39 is 0 Å². The van der Waals surface area contributed by atoms with Crippen molar-refractivity contribution in [3.05, 3.63) is 234 Å². The maximum Gasteiger partial charge on any atom is 0.323 e. The van der Waals surface area contributed by atoms with Crippen LogP contribution in [0.4, 0.5) is 64.7 Å². The summed E-state index contributed by atoms with van der Waals surface area (Å²) in [5.74, 6) is 0. The fraction of sp³-hybridized carbons (Fsp3) is 0.381. The Kier molecular flexibility index (Phi) is 53.9. The zero-order valence-electron chi connectivity index (χ0n) is 63.8. The quantitative estimate of drug-likeness (QED) is 0.0197. The highest BCUT2D eigenvalue weighted by molar-refractivity contribution is 6.33. The van der Waals surface area contributed by atoms with Gasteiger partial charge in [-0.3, -0.25) is 0 Å². The molecule has 8 aromatic rings. The summed E-state index contributed by atoms with van der Waals surface area (Å²) in [5, 5.41) is 26.5. The van der Waals surface area contributed by atoms with Crippen molar-refractivity contribution in [3.63, 3.8) is 0 Å². The van der Waals surface area contributed by atoms with Gasteiger partial charge in [0.15, 0.2) is 0 Å². The minimum Gasteiger partial charge on any atom is -1.00 e. The maximum absolute atomic E-state index is 11.7. The summed E-state index contributed by atoms with van der Waals surface area (Å²) in [7, 11) is 0. The summed E-state index contributed by atoms with van der Waals surface area (Å²) in [5.41, 5.74) is 5.38. The normalized spacial score (nSPS) is 10.4. The number of halogens is 10. The smallest absolute Gasteiger partial charge is 0.323 e. The number of carbonyl (C=O) groups excluding carboxylic acids is 4. The Bertz CT molecular complexity index is 2950. The molecule has 8 amide bonds. The van der Waals surface area contributed by atoms with Crippen LogP contribution in [0.25, 0.3) is 0 Å². The van der Waals surface area contributed by atoms with E-state index in [0.717, 1.165) is 0 Å². The van der Waals surface area contributed by atoms with Crippen molar-refractivity contribution < 1.29 is 37.6 Å². The Morgan fingerprint density at radius 2 is 0.296 bits per heavy atom. The molecule has 0 saturated heterocycles. The van der Waals surface area contributed by atoms with Crippen LogP contribution >= 0.6 is 92.8 Å². The van der Waals surface area contributed by atoms with E-state index in [0.29, 0.717) is 85.7 Å². The van der Waals surface area contributed by atoms with Gasteiger partial charge in [-0.25, -0.2) is 19.2 Å². The number of anilines is 8. The predicted octanol–water partition coefficient (Wildman–Crippen LogP) is 22.6. The van der Waals surface area contributed by atoms with Gasteiger partial charge in [0.1, 0.15) is 0 Å². The minimum atomic E-state index is -0.320. The van der Waals surface area contributed by atoms with Crippen LogP contribution in [0.5, 0.6) is 0 Å². The van der Waals surface area contributed by atoms with Gasteiger partial charge in [0.25, 0.3) is 0 Å². The number of amides is 8. The zero-order valence-corrected chi connectivity index (χ0v) is 69.8. The number of hydrogen-bond donors (Lipinski definition) is 8. The van der Waals surface area contributed by atoms with E-state index in [9.17, 15) is 19.2 Å². The number of nitrogens with zero attached hydrogens (tertiary/aromatic N) is 2. The monoisotopic (exact) mass is 1640 g/mol. The second-order valence-electron chi connectivity index (χ2n) is 25.7. The third-order valence-corrected chi connectivity index (χ3v) is 18.7. The van der Waals surface area contributed by atoms with Crippen molar-refractivity contribution in [2.24, 2.45) is 0 Å². The molecule has 0 unspecified atom stereocenters. The summed E-state index contributed by atoms with van der Waals surface area (Å²) >= 11 is 46.0. The third-order valence-electron chi connectivity index (χ3n) is 16.7. The van der Waals surface area contributed by atoms with Gasteiger partial charge in [0.05, 0.1) is 52.4 Å². The molecule has 0 bridgehead atoms. The zero-order chi connectivity index (χ0) is 77.8. The Balaban J connectivity index is 0.000000646. The lowest BCUT2D eigenvalue weighted by Gasteiger charge is -2.39. The molecule has 0 heterocycles. The molecule has 592 valence electrons. The van der Waals surface area contributed by atoms with E-state index in [-0.39, 0.29) is 33.5 Å². The number of rotatable bonds is 32. The molecule has 8 N–H and O–H groups in total. The number of hydrogen-bond acceptors (Lipinski definition) is 4. The number of quaternary nitrogens is 2. The highest BCUT2D eigenvalue weighted by Gasteiger charge is 2.26. The van der Waals surface area contributed by atoms with E-state index in [2.05, 4.69) is 97.9 Å². The molecule has 0 atom stereocenters. The molecule has 108 heavy (non-hydrogen) atoms. The van der Waals surface area contributed by atoms with E-state index in [1.807, 2.05) is 0 Å². The summed E-state index contributed by atoms with van der Waals surface area (Å²) in [6.07, 6.45) is 22.1. The fourth-order valence-electron chi connectivity index (χ4n) is 10.7. The standard InChI is InChI=1S/2C16H36N.4C13H10Cl2N2O.2FH/c2*1-5-9-13-17(14-10-6-2,15-11-7-3)16-12-8-4;4*14-9-1-5-11(6-2-9)16-13(18)17-12-7-3-10(15)4-8-12;;/h2*5-16H2,1-4H3;4*1-8H,(H2,16,17,18);2*1H/q2*+1;;;;;;/p-2. The van der Waals surface area contributed by atoms with Gasteiger partial charge in [0, 0.05) is 85.7 Å². The molecule has 0 radical (unpaired) electrons. The first-order valence-corrected chi connectivity index (χ1v) is 40.1. The largest absolute Gasteiger partial charge is 1.00 e. The van der Waals surface area contributed by atoms with Crippen molar-refractivity contribution in [3.8, 4) is 0 Å². The number of unbranched alkanes of at least 4 members (excludes halogenated alkanes) is 8. The number of carbonyl (C=O) groups is 4. The molecule has 8 rings (SSSR count). The first-order valence-electron chi connectivity index (χ1n) is 37.1. The van der Waals surface area contributed by atoms with Crippen molar-refractivity contribution in [2.75, 3.05) is 94.9 Å². The molecular formula is C84H112Cl8F2N10O4. The topological polar surface area (TPSA) is 165 Å². The first kappa shape index (κ1) is 98.9. The molecule has 0 aliphatic rings. The van der Waals surface area contributed by atoms with Crippen LogP contribution in [0.15, 0.2) is 194 Å². The summed E-state index contributed by atoms with van der Waals surface area (Å²) < 4.78 is 2.84. The van der Waals surface area contributed by atoms with Crippen LogP contribution in [0.3, 0.4) is 0 Å². The maximum atomic E-state index is 11.7. The molecular weight excluding hydrogens is 1530 g/mol. The van der Waals surface area contributed by atoms with Crippen LogP contribution in [0.2, 0.25) is 40.2 Å². The molecule has 0 fully saturated rings. The van der Waals surface area contributed by atoms with Gasteiger partial charge in [-0.15, -0.1) is 0 Å². The van der Waals surface area contributed by atoms with Gasteiger partial charge >= 0.3 is 24.1 Å². The van der Waals surface area contributed by atoms with Crippen LogP contribution in [-0.4, -0.2) is 85.4 Å². The van der Waals surface area contributed by atoms with E-state index >= 15 is 0 Å². The van der Waals surface area contributed by atoms with E-state index in [1.54, 1.807) is 194 Å². The van der Waals surface area contributed by atoms with Crippen molar-refractivity contribution in [1.29, 1.82) is 0 Å². The first-order chi connectivity index (χ1) is 51.0. The summed E-state index contributed by atoms with van der Waals surface area (Å²) in [4.78, 5) is 46.7. The second kappa shape index (κ2) is 58.8. The molecule has 24 heteroatoms. The second-order valence-corrected chi connectivity index (χ2v) is 29.2. The lowest BCUT2D eigenvalue weighted by molar-refractivity contribution is -0.929. The van der Waals surface area contributed by atoms with Gasteiger partial charge in [-0.05, 0) is 245 Å². The molecule has 0 spiro atoms. The summed E-state index contributed by atoms with van der Waals surface area (Å²) in [6, 6.07) is 53.7. The fourth-order valence-corrected chi connectivity index (χ4v) is 11.7. The SMILES string of the molecule is CCCC[N+](CCCC)(CCCC)CCCC.CCCC[N+](CCCC)(CCCC)CCCC.O=C(Nc1ccc(Cl)cc1)Nc1ccc(Cl)cc1.O=C(Nc1ccc(Cl)cc1)Nc1ccc(Cl)cc1.O=C(Nc1ccc(Cl)cc1)Nc1ccc(Cl)cc1.O=C(Nc1ccc(Cl)cc1)Nc1ccc(Cl)cc1.[F-].[F-]. The molecule has 0 aromatic heterocycles. The summed E-state index contributed by atoms with van der Waals surface area (Å²) in [6.45, 7) is 30.0. The third kappa shape index (κ3) is 45.2. The Labute approximate surface area is 682 Å².